The van der Waals surface area contributed by atoms with Gasteiger partial charge < -0.3 is 9.64 Å². The van der Waals surface area contributed by atoms with Gasteiger partial charge in [-0.1, -0.05) is 6.07 Å². The van der Waals surface area contributed by atoms with Gasteiger partial charge in [0, 0.05) is 13.1 Å². The number of thiophene rings is 1. The minimum Gasteiger partial charge on any atom is -0.452 e. The Morgan fingerprint density at radius 2 is 2.04 bits per heavy atom. The van der Waals surface area contributed by atoms with Crippen LogP contribution < -0.4 is 0 Å². The predicted molar refractivity (Wildman–Crippen MR) is 103 cm³/mol. The fourth-order valence-electron chi connectivity index (χ4n) is 2.88. The highest BCUT2D eigenvalue weighted by Crippen LogP contribution is 2.27. The number of carbonyl (C=O) groups excluding carboxylic acids is 2. The highest BCUT2D eigenvalue weighted by molar-refractivity contribution is 7.98. The van der Waals surface area contributed by atoms with Gasteiger partial charge in [-0.2, -0.15) is 0 Å². The molecule has 0 bridgehead atoms. The summed E-state index contributed by atoms with van der Waals surface area (Å²) in [5.74, 6) is -0.0877. The second-order valence-electron chi connectivity index (χ2n) is 6.01. The van der Waals surface area contributed by atoms with E-state index >= 15 is 0 Å². The van der Waals surface area contributed by atoms with Crippen molar-refractivity contribution in [2.75, 3.05) is 26.0 Å². The molecule has 0 N–H and O–H groups in total. The van der Waals surface area contributed by atoms with Crippen molar-refractivity contribution in [2.45, 2.75) is 31.2 Å². The van der Waals surface area contributed by atoms with Crippen molar-refractivity contribution in [1.29, 1.82) is 0 Å². The highest BCUT2D eigenvalue weighted by atomic mass is 32.2. The van der Waals surface area contributed by atoms with Crippen LogP contribution >= 0.6 is 23.1 Å². The second kappa shape index (κ2) is 8.64. The summed E-state index contributed by atoms with van der Waals surface area (Å²) in [7, 11) is 0. The molecular formula is C18H21N3O3S2. The van der Waals surface area contributed by atoms with Crippen molar-refractivity contribution in [3.05, 3.63) is 28.8 Å². The number of rotatable bonds is 5. The molecule has 26 heavy (non-hydrogen) atoms. The molecule has 0 spiro atoms. The van der Waals surface area contributed by atoms with E-state index in [4.69, 9.17) is 4.74 Å². The van der Waals surface area contributed by atoms with Gasteiger partial charge in [0.25, 0.3) is 5.91 Å². The zero-order valence-electron chi connectivity index (χ0n) is 14.9. The van der Waals surface area contributed by atoms with E-state index in [2.05, 4.69) is 9.97 Å². The van der Waals surface area contributed by atoms with Gasteiger partial charge in [0.05, 0.1) is 10.6 Å². The maximum absolute atomic E-state index is 12.5. The summed E-state index contributed by atoms with van der Waals surface area (Å²) in [6.45, 7) is 3.01. The lowest BCUT2D eigenvalue weighted by atomic mass is 10.1. The summed E-state index contributed by atoms with van der Waals surface area (Å²) in [4.78, 5) is 36.4. The van der Waals surface area contributed by atoms with E-state index in [0.717, 1.165) is 37.2 Å². The topological polar surface area (TPSA) is 72.4 Å². The van der Waals surface area contributed by atoms with Crippen molar-refractivity contribution in [3.63, 3.8) is 0 Å². The maximum atomic E-state index is 12.5. The van der Waals surface area contributed by atoms with Crippen LogP contribution in [0.3, 0.4) is 0 Å². The Labute approximate surface area is 161 Å². The van der Waals surface area contributed by atoms with Crippen molar-refractivity contribution in [1.82, 2.24) is 14.9 Å². The van der Waals surface area contributed by atoms with Crippen molar-refractivity contribution >= 4 is 35.0 Å². The van der Waals surface area contributed by atoms with Crippen LogP contribution in [-0.4, -0.2) is 52.7 Å². The first-order chi connectivity index (χ1) is 12.6. The molecule has 6 nitrogen and oxygen atoms in total. The molecule has 1 amide bonds. The van der Waals surface area contributed by atoms with Gasteiger partial charge in [-0.05, 0) is 43.9 Å². The molecule has 1 fully saturated rings. The average molecular weight is 392 g/mol. The molecule has 1 aliphatic heterocycles. The molecule has 0 unspecified atom stereocenters. The number of aryl methyl sites for hydroxylation is 1. The molecule has 138 valence electrons. The van der Waals surface area contributed by atoms with Gasteiger partial charge in [-0.25, -0.2) is 14.8 Å². The van der Waals surface area contributed by atoms with Crippen molar-refractivity contribution < 1.29 is 14.3 Å². The molecule has 1 saturated heterocycles. The van der Waals surface area contributed by atoms with E-state index in [1.165, 1.54) is 11.8 Å². The number of thioether (sulfide) groups is 1. The molecule has 2 aromatic heterocycles. The number of aromatic nitrogens is 2. The molecule has 1 aliphatic rings. The SMILES string of the molecule is CSc1nc(-c2cccs2)nc(C)c1C(=O)OCC(=O)N1CCCCC1. The van der Waals surface area contributed by atoms with Gasteiger partial charge in [-0.3, -0.25) is 4.79 Å². The van der Waals surface area contributed by atoms with Gasteiger partial charge in [0.2, 0.25) is 0 Å². The predicted octanol–water partition coefficient (Wildman–Crippen LogP) is 3.40. The molecule has 2 aromatic rings. The lowest BCUT2D eigenvalue weighted by molar-refractivity contribution is -0.135. The summed E-state index contributed by atoms with van der Waals surface area (Å²) in [6, 6.07) is 3.88. The summed E-state index contributed by atoms with van der Waals surface area (Å²) >= 11 is 2.92. The van der Waals surface area contributed by atoms with Crippen LogP contribution in [0.4, 0.5) is 0 Å². The Bertz CT molecular complexity index is 787. The normalized spacial score (nSPS) is 14.3. The van der Waals surface area contributed by atoms with Crippen LogP contribution in [0.15, 0.2) is 22.5 Å². The van der Waals surface area contributed by atoms with Gasteiger partial charge in [0.1, 0.15) is 10.6 Å². The summed E-state index contributed by atoms with van der Waals surface area (Å²) in [6.07, 6.45) is 5.02. The first kappa shape index (κ1) is 18.8. The number of likely N-dealkylation sites (tertiary alicyclic amines) is 1. The molecule has 8 heteroatoms. The van der Waals surface area contributed by atoms with E-state index in [9.17, 15) is 9.59 Å². The van der Waals surface area contributed by atoms with Crippen molar-refractivity contribution in [2.24, 2.45) is 0 Å². The van der Waals surface area contributed by atoms with Crippen LogP contribution in [0.2, 0.25) is 0 Å². The zero-order valence-corrected chi connectivity index (χ0v) is 16.5. The highest BCUT2D eigenvalue weighted by Gasteiger charge is 2.23. The van der Waals surface area contributed by atoms with E-state index in [0.29, 0.717) is 22.1 Å². The number of esters is 1. The number of amides is 1. The molecule has 3 heterocycles. The minimum absolute atomic E-state index is 0.141. The lowest BCUT2D eigenvalue weighted by Crippen LogP contribution is -2.38. The summed E-state index contributed by atoms with van der Waals surface area (Å²) < 4.78 is 5.28. The standard InChI is InChI=1S/C18H21N3O3S2/c1-12-15(17(25-2)20-16(19-12)13-7-6-10-26-13)18(23)24-11-14(22)21-8-4-3-5-9-21/h6-7,10H,3-5,8-9,11H2,1-2H3. The first-order valence-electron chi connectivity index (χ1n) is 8.51. The average Bonchev–Trinajstić information content (AvgIpc) is 3.20. The van der Waals surface area contributed by atoms with Crippen LogP contribution in [0.5, 0.6) is 0 Å². The van der Waals surface area contributed by atoms with E-state index in [1.807, 2.05) is 23.8 Å². The number of piperidine rings is 1. The molecular weight excluding hydrogens is 370 g/mol. The molecule has 0 radical (unpaired) electrons. The third-order valence-corrected chi connectivity index (χ3v) is 5.78. The maximum Gasteiger partial charge on any atom is 0.343 e. The number of carbonyl (C=O) groups is 2. The number of hydrogen-bond acceptors (Lipinski definition) is 7. The minimum atomic E-state index is -0.546. The van der Waals surface area contributed by atoms with Crippen molar-refractivity contribution in [3.8, 4) is 10.7 Å². The largest absolute Gasteiger partial charge is 0.452 e. The summed E-state index contributed by atoms with van der Waals surface area (Å²) in [5.41, 5.74) is 0.896. The third-order valence-electron chi connectivity index (χ3n) is 4.23. The number of hydrogen-bond donors (Lipinski definition) is 0. The van der Waals surface area contributed by atoms with Crippen LogP contribution in [-0.2, 0) is 9.53 Å². The van der Waals surface area contributed by atoms with Crippen LogP contribution in [0.25, 0.3) is 10.7 Å². The van der Waals surface area contributed by atoms with Crippen LogP contribution in [0.1, 0.15) is 35.3 Å². The van der Waals surface area contributed by atoms with Gasteiger partial charge >= 0.3 is 5.97 Å². The Balaban J connectivity index is 1.73. The smallest absolute Gasteiger partial charge is 0.343 e. The molecule has 0 aliphatic carbocycles. The lowest BCUT2D eigenvalue weighted by Gasteiger charge is -2.26. The number of ether oxygens (including phenoxy) is 1. The van der Waals surface area contributed by atoms with E-state index in [-0.39, 0.29) is 12.5 Å². The Hall–Kier alpha value is -1.93. The van der Waals surface area contributed by atoms with Gasteiger partial charge in [0.15, 0.2) is 12.4 Å². The second-order valence-corrected chi connectivity index (χ2v) is 7.75. The molecule has 3 rings (SSSR count). The zero-order chi connectivity index (χ0) is 18.5. The number of nitrogens with zero attached hydrogens (tertiary/aromatic N) is 3. The Morgan fingerprint density at radius 3 is 2.69 bits per heavy atom. The quantitative estimate of drug-likeness (QED) is 0.442. The molecule has 0 aromatic carbocycles. The Morgan fingerprint density at radius 1 is 1.27 bits per heavy atom. The monoisotopic (exact) mass is 391 g/mol. The first-order valence-corrected chi connectivity index (χ1v) is 10.6. The van der Waals surface area contributed by atoms with E-state index in [1.54, 1.807) is 23.2 Å². The van der Waals surface area contributed by atoms with Crippen LogP contribution in [0, 0.1) is 6.92 Å². The fraction of sp³-hybridized carbons (Fsp3) is 0.444. The summed E-state index contributed by atoms with van der Waals surface area (Å²) in [5, 5.41) is 2.53. The molecule has 0 saturated carbocycles. The fourth-order valence-corrected chi connectivity index (χ4v) is 4.15. The van der Waals surface area contributed by atoms with Gasteiger partial charge in [-0.15, -0.1) is 23.1 Å². The molecule has 0 atom stereocenters. The van der Waals surface area contributed by atoms with E-state index < -0.39 is 5.97 Å². The third kappa shape index (κ3) is 4.24. The Kier molecular flexibility index (Phi) is 6.26.